The predicted molar refractivity (Wildman–Crippen MR) is 97.7 cm³/mol. The Morgan fingerprint density at radius 2 is 2.27 bits per heavy atom. The number of carbonyl (C=O) groups is 2. The van der Waals surface area contributed by atoms with Gasteiger partial charge >= 0.3 is 5.97 Å². The van der Waals surface area contributed by atoms with E-state index in [1.165, 1.54) is 16.7 Å². The topological polar surface area (TPSA) is 145 Å². The second-order valence-corrected chi connectivity index (χ2v) is 9.22. The Bertz CT molecular complexity index is 670. The summed E-state index contributed by atoms with van der Waals surface area (Å²) >= 11 is -0.0734. The number of carbonyl (C=O) groups excluding carboxylic acids is 1. The van der Waals surface area contributed by atoms with Crippen LogP contribution in [0, 0.1) is 11.8 Å². The monoisotopic (exact) mass is 404 g/mol. The van der Waals surface area contributed by atoms with Gasteiger partial charge in [0.2, 0.25) is 5.91 Å². The lowest BCUT2D eigenvalue weighted by Crippen LogP contribution is -2.63. The molecular formula is C15H24N4O5S2. The lowest BCUT2D eigenvalue weighted by atomic mass is 9.79. The van der Waals surface area contributed by atoms with E-state index in [0.29, 0.717) is 18.0 Å². The van der Waals surface area contributed by atoms with Crippen LogP contribution >= 0.6 is 11.8 Å². The van der Waals surface area contributed by atoms with Crippen molar-refractivity contribution in [3.05, 3.63) is 10.6 Å². The molecule has 0 aromatic heterocycles. The highest BCUT2D eigenvalue weighted by Crippen LogP contribution is 2.51. The number of carboxylic acid groups (broad SMARTS) is 1. The SMILES string of the molecule is CC(O)C1C(=O)N2C(C(=O)O)=C(SC3CNC(CNS(N)=O)C3)C(C)C12. The first kappa shape index (κ1) is 19.8. The molecule has 146 valence electrons. The molecule has 0 saturated carbocycles. The zero-order chi connectivity index (χ0) is 19.2. The number of thioether (sulfide) groups is 1. The molecule has 9 nitrogen and oxygen atoms in total. The summed E-state index contributed by atoms with van der Waals surface area (Å²) in [4.78, 5) is 26.1. The molecule has 2 saturated heterocycles. The fourth-order valence-electron chi connectivity index (χ4n) is 4.07. The highest BCUT2D eigenvalue weighted by Gasteiger charge is 2.60. The zero-order valence-corrected chi connectivity index (χ0v) is 16.2. The fourth-order valence-corrected chi connectivity index (χ4v) is 5.95. The largest absolute Gasteiger partial charge is 0.477 e. The Hall–Kier alpha value is -0.980. The number of carboxylic acids is 1. The summed E-state index contributed by atoms with van der Waals surface area (Å²) in [6.07, 6.45) is -0.0255. The van der Waals surface area contributed by atoms with Crippen molar-refractivity contribution >= 4 is 34.8 Å². The third-order valence-corrected chi connectivity index (χ3v) is 7.22. The van der Waals surface area contributed by atoms with E-state index in [4.69, 9.17) is 5.14 Å². The standard InChI is InChI=1S/C15H24N4O5S2/c1-6-11-10(7(2)20)14(21)19(11)12(15(22)23)13(6)25-9-3-8(17-5-9)4-18-26(16)24/h6-11,17-18,20H,3-5,16H2,1-2H3,(H,22,23). The number of hydrogen-bond donors (Lipinski definition) is 5. The number of nitrogens with zero attached hydrogens (tertiary/aromatic N) is 1. The molecule has 0 spiro atoms. The Morgan fingerprint density at radius 3 is 2.85 bits per heavy atom. The Kier molecular flexibility index (Phi) is 5.75. The number of aliphatic hydroxyl groups excluding tert-OH is 1. The highest BCUT2D eigenvalue weighted by molar-refractivity contribution is 8.03. The molecule has 0 aliphatic carbocycles. The maximum atomic E-state index is 12.3. The van der Waals surface area contributed by atoms with Gasteiger partial charge in [0.05, 0.1) is 18.1 Å². The zero-order valence-electron chi connectivity index (χ0n) is 14.5. The van der Waals surface area contributed by atoms with E-state index in [9.17, 15) is 24.0 Å². The highest BCUT2D eigenvalue weighted by atomic mass is 32.2. The Labute approximate surface area is 158 Å². The number of hydrogen-bond acceptors (Lipinski definition) is 6. The van der Waals surface area contributed by atoms with Crippen molar-refractivity contribution in [2.24, 2.45) is 17.0 Å². The second kappa shape index (κ2) is 7.56. The second-order valence-electron chi connectivity index (χ2n) is 7.00. The number of nitrogens with one attached hydrogen (secondary N) is 2. The number of fused-ring (bicyclic) bond motifs is 1. The molecule has 26 heavy (non-hydrogen) atoms. The molecule has 3 aliphatic rings. The quantitative estimate of drug-likeness (QED) is 0.333. The molecule has 0 radical (unpaired) electrons. The van der Waals surface area contributed by atoms with Gasteiger partial charge in [0.25, 0.3) is 0 Å². The molecule has 3 aliphatic heterocycles. The molecule has 1 amide bonds. The molecule has 11 heteroatoms. The van der Waals surface area contributed by atoms with Crippen molar-refractivity contribution in [3.8, 4) is 0 Å². The first-order chi connectivity index (χ1) is 12.2. The van der Waals surface area contributed by atoms with Gasteiger partial charge in [-0.1, -0.05) is 6.92 Å². The molecule has 3 rings (SSSR count). The minimum absolute atomic E-state index is 0.0547. The van der Waals surface area contributed by atoms with Crippen molar-refractivity contribution in [1.29, 1.82) is 0 Å². The van der Waals surface area contributed by atoms with Gasteiger partial charge in [-0.05, 0) is 13.3 Å². The number of rotatable bonds is 7. The summed E-state index contributed by atoms with van der Waals surface area (Å²) in [6, 6.07) is -0.183. The normalized spacial score (nSPS) is 36.1. The number of amides is 1. The maximum absolute atomic E-state index is 12.3. The van der Waals surface area contributed by atoms with Crippen LogP contribution in [0.5, 0.6) is 0 Å². The average molecular weight is 405 g/mol. The molecule has 6 N–H and O–H groups in total. The Balaban J connectivity index is 1.72. The van der Waals surface area contributed by atoms with Gasteiger partial charge in [-0.2, -0.15) is 0 Å². The van der Waals surface area contributed by atoms with E-state index < -0.39 is 29.2 Å². The predicted octanol–water partition coefficient (Wildman–Crippen LogP) is -1.27. The lowest BCUT2D eigenvalue weighted by molar-refractivity contribution is -0.163. The summed E-state index contributed by atoms with van der Waals surface area (Å²) in [5, 5.41) is 28.2. The van der Waals surface area contributed by atoms with Gasteiger partial charge in [0, 0.05) is 35.2 Å². The van der Waals surface area contributed by atoms with Gasteiger partial charge in [-0.25, -0.2) is 18.9 Å². The van der Waals surface area contributed by atoms with Crippen LogP contribution in [-0.2, 0) is 20.8 Å². The van der Waals surface area contributed by atoms with Crippen LogP contribution in [0.4, 0.5) is 0 Å². The summed E-state index contributed by atoms with van der Waals surface area (Å²) in [5.41, 5.74) is 0.0547. The van der Waals surface area contributed by atoms with Crippen molar-refractivity contribution in [2.75, 3.05) is 13.1 Å². The molecule has 7 atom stereocenters. The van der Waals surface area contributed by atoms with Crippen LogP contribution in [0.15, 0.2) is 10.6 Å². The molecular weight excluding hydrogens is 380 g/mol. The van der Waals surface area contributed by atoms with Crippen molar-refractivity contribution in [3.63, 3.8) is 0 Å². The van der Waals surface area contributed by atoms with E-state index in [1.807, 2.05) is 6.92 Å². The summed E-state index contributed by atoms with van der Waals surface area (Å²) < 4.78 is 13.6. The van der Waals surface area contributed by atoms with E-state index in [1.54, 1.807) is 6.92 Å². The average Bonchev–Trinajstić information content (AvgIpc) is 3.08. The van der Waals surface area contributed by atoms with Crippen molar-refractivity contribution < 1.29 is 24.0 Å². The van der Waals surface area contributed by atoms with Crippen LogP contribution in [0.1, 0.15) is 20.3 Å². The smallest absolute Gasteiger partial charge is 0.353 e. The van der Waals surface area contributed by atoms with Crippen LogP contribution < -0.4 is 15.2 Å². The van der Waals surface area contributed by atoms with E-state index in [-0.39, 0.29) is 34.9 Å². The van der Waals surface area contributed by atoms with Gasteiger partial charge in [-0.15, -0.1) is 11.8 Å². The van der Waals surface area contributed by atoms with Gasteiger partial charge in [-0.3, -0.25) is 4.79 Å². The fraction of sp³-hybridized carbons (Fsp3) is 0.733. The summed E-state index contributed by atoms with van der Waals surface area (Å²) in [7, 11) is 0. The van der Waals surface area contributed by atoms with Gasteiger partial charge < -0.3 is 20.4 Å². The first-order valence-electron chi connectivity index (χ1n) is 8.50. The minimum atomic E-state index is -1.56. The number of aliphatic hydroxyl groups is 1. The molecule has 0 aromatic carbocycles. The first-order valence-corrected chi connectivity index (χ1v) is 10.6. The molecule has 7 unspecified atom stereocenters. The summed E-state index contributed by atoms with van der Waals surface area (Å²) in [5.74, 6) is -2.10. The van der Waals surface area contributed by atoms with Gasteiger partial charge in [0.1, 0.15) is 5.70 Å². The van der Waals surface area contributed by atoms with Crippen molar-refractivity contribution in [1.82, 2.24) is 14.9 Å². The third kappa shape index (κ3) is 3.43. The van der Waals surface area contributed by atoms with Crippen molar-refractivity contribution in [2.45, 2.75) is 43.7 Å². The molecule has 3 heterocycles. The van der Waals surface area contributed by atoms with Crippen LogP contribution in [0.25, 0.3) is 0 Å². The van der Waals surface area contributed by atoms with E-state index >= 15 is 0 Å². The van der Waals surface area contributed by atoms with Gasteiger partial charge in [0.15, 0.2) is 11.2 Å². The van der Waals surface area contributed by atoms with E-state index in [0.717, 1.165) is 6.42 Å². The van der Waals surface area contributed by atoms with Crippen LogP contribution in [-0.4, -0.2) is 67.7 Å². The third-order valence-electron chi connectivity index (χ3n) is 5.26. The van der Waals surface area contributed by atoms with Crippen LogP contribution in [0.3, 0.4) is 0 Å². The Morgan fingerprint density at radius 1 is 1.58 bits per heavy atom. The van der Waals surface area contributed by atoms with E-state index in [2.05, 4.69) is 10.0 Å². The molecule has 0 bridgehead atoms. The minimum Gasteiger partial charge on any atom is -0.477 e. The number of aliphatic carboxylic acids is 1. The van der Waals surface area contributed by atoms with Crippen LogP contribution in [0.2, 0.25) is 0 Å². The molecule has 2 fully saturated rings. The number of β-lactam (4-membered cyclic amide) rings is 1. The molecule has 0 aromatic rings. The summed E-state index contributed by atoms with van der Waals surface area (Å²) in [6.45, 7) is 4.64. The number of nitrogens with two attached hydrogens (primary N) is 1. The maximum Gasteiger partial charge on any atom is 0.353 e. The lowest BCUT2D eigenvalue weighted by Gasteiger charge is -2.46.